The molecule has 1 unspecified atom stereocenters. The number of carbonyl (C=O) groups excluding carboxylic acids is 3. The lowest BCUT2D eigenvalue weighted by Crippen LogP contribution is -2.52. The fourth-order valence-electron chi connectivity index (χ4n) is 3.59. The largest absolute Gasteiger partial charge is 0.339 e. The average molecular weight is 358 g/mol. The molecule has 7 heteroatoms. The van der Waals surface area contributed by atoms with Gasteiger partial charge in [-0.1, -0.05) is 6.07 Å². The maximum absolute atomic E-state index is 12.3. The number of imide groups is 1. The van der Waals surface area contributed by atoms with Gasteiger partial charge in [0.25, 0.3) is 5.91 Å². The molecule has 0 aliphatic carbocycles. The SMILES string of the molecule is CC(C)N1CCC(c2ccc(C(=O)NC3CCC(=O)NC3=O)nc2)CC1. The lowest BCUT2D eigenvalue weighted by molar-refractivity contribution is -0.134. The predicted molar refractivity (Wildman–Crippen MR) is 96.6 cm³/mol. The third-order valence-electron chi connectivity index (χ3n) is 5.29. The third kappa shape index (κ3) is 4.27. The molecule has 2 aliphatic heterocycles. The summed E-state index contributed by atoms with van der Waals surface area (Å²) in [6.07, 6.45) is 4.53. The Balaban J connectivity index is 1.56. The molecule has 0 saturated carbocycles. The van der Waals surface area contributed by atoms with Gasteiger partial charge in [-0.15, -0.1) is 0 Å². The van der Waals surface area contributed by atoms with Gasteiger partial charge in [-0.3, -0.25) is 24.7 Å². The highest BCUT2D eigenvalue weighted by atomic mass is 16.2. The summed E-state index contributed by atoms with van der Waals surface area (Å²) in [5, 5.41) is 4.88. The van der Waals surface area contributed by atoms with Crippen molar-refractivity contribution < 1.29 is 14.4 Å². The molecule has 0 spiro atoms. The molecule has 3 rings (SSSR count). The van der Waals surface area contributed by atoms with E-state index in [4.69, 9.17) is 0 Å². The Labute approximate surface area is 153 Å². The van der Waals surface area contributed by atoms with Crippen LogP contribution >= 0.6 is 0 Å². The molecular weight excluding hydrogens is 332 g/mol. The van der Waals surface area contributed by atoms with Crippen LogP contribution in [0.4, 0.5) is 0 Å². The first-order valence-electron chi connectivity index (χ1n) is 9.28. The first-order valence-corrected chi connectivity index (χ1v) is 9.28. The minimum Gasteiger partial charge on any atom is -0.339 e. The van der Waals surface area contributed by atoms with Crippen molar-refractivity contribution >= 4 is 17.7 Å². The Morgan fingerprint density at radius 1 is 1.23 bits per heavy atom. The van der Waals surface area contributed by atoms with Crippen molar-refractivity contribution in [1.29, 1.82) is 0 Å². The standard InChI is InChI=1S/C19H26N4O3/c1-12(2)23-9-7-13(8-10-23)14-3-4-15(20-11-14)18(25)21-16-5-6-17(24)22-19(16)26/h3-4,11-13,16H,5-10H2,1-2H3,(H,21,25)(H,22,24,26). The number of nitrogens with zero attached hydrogens (tertiary/aromatic N) is 2. The second-order valence-electron chi connectivity index (χ2n) is 7.36. The number of piperidine rings is 2. The average Bonchev–Trinajstić information content (AvgIpc) is 2.64. The number of carbonyl (C=O) groups is 3. The molecule has 140 valence electrons. The van der Waals surface area contributed by atoms with E-state index >= 15 is 0 Å². The molecule has 7 nitrogen and oxygen atoms in total. The topological polar surface area (TPSA) is 91.4 Å². The molecule has 0 aromatic carbocycles. The normalized spacial score (nSPS) is 22.3. The van der Waals surface area contributed by atoms with Crippen LogP contribution in [0.2, 0.25) is 0 Å². The smallest absolute Gasteiger partial charge is 0.270 e. The van der Waals surface area contributed by atoms with Crippen LogP contribution in [0.25, 0.3) is 0 Å². The van der Waals surface area contributed by atoms with Crippen LogP contribution in [0, 0.1) is 0 Å². The quantitative estimate of drug-likeness (QED) is 0.790. The molecule has 1 aromatic rings. The van der Waals surface area contributed by atoms with E-state index < -0.39 is 11.9 Å². The maximum atomic E-state index is 12.3. The molecular formula is C19H26N4O3. The van der Waals surface area contributed by atoms with Crippen LogP contribution < -0.4 is 10.6 Å². The van der Waals surface area contributed by atoms with Crippen molar-refractivity contribution in [3.63, 3.8) is 0 Å². The van der Waals surface area contributed by atoms with E-state index in [0.29, 0.717) is 18.4 Å². The number of rotatable bonds is 4. The fraction of sp³-hybridized carbons (Fsp3) is 0.579. The molecule has 0 bridgehead atoms. The Morgan fingerprint density at radius 2 is 1.96 bits per heavy atom. The van der Waals surface area contributed by atoms with E-state index in [1.54, 1.807) is 12.3 Å². The minimum atomic E-state index is -0.679. The van der Waals surface area contributed by atoms with Crippen molar-refractivity contribution in [2.75, 3.05) is 13.1 Å². The van der Waals surface area contributed by atoms with Gasteiger partial charge < -0.3 is 10.2 Å². The zero-order valence-corrected chi connectivity index (χ0v) is 15.3. The van der Waals surface area contributed by atoms with Gasteiger partial charge in [-0.05, 0) is 63.7 Å². The molecule has 2 N–H and O–H groups in total. The molecule has 1 atom stereocenters. The van der Waals surface area contributed by atoms with Gasteiger partial charge in [-0.25, -0.2) is 0 Å². The summed E-state index contributed by atoms with van der Waals surface area (Å²) in [6, 6.07) is 3.57. The molecule has 0 radical (unpaired) electrons. The first kappa shape index (κ1) is 18.5. The molecule has 2 fully saturated rings. The van der Waals surface area contributed by atoms with E-state index in [0.717, 1.165) is 31.5 Å². The van der Waals surface area contributed by atoms with E-state index in [-0.39, 0.29) is 23.9 Å². The summed E-state index contributed by atoms with van der Waals surface area (Å²) in [5.41, 5.74) is 1.45. The van der Waals surface area contributed by atoms with Crippen LogP contribution in [-0.4, -0.2) is 52.8 Å². The number of amides is 3. The highest BCUT2D eigenvalue weighted by molar-refractivity contribution is 6.03. The van der Waals surface area contributed by atoms with E-state index in [2.05, 4.69) is 34.4 Å². The summed E-state index contributed by atoms with van der Waals surface area (Å²) in [7, 11) is 0. The number of likely N-dealkylation sites (tertiary alicyclic amines) is 1. The molecule has 2 aliphatic rings. The van der Waals surface area contributed by atoms with Crippen LogP contribution in [0.1, 0.15) is 61.5 Å². The molecule has 3 heterocycles. The Bertz CT molecular complexity index is 679. The summed E-state index contributed by atoms with van der Waals surface area (Å²) in [4.78, 5) is 42.0. The number of hydrogen-bond donors (Lipinski definition) is 2. The van der Waals surface area contributed by atoms with Crippen molar-refractivity contribution in [2.45, 2.75) is 57.5 Å². The lowest BCUT2D eigenvalue weighted by atomic mass is 9.90. The summed E-state index contributed by atoms with van der Waals surface area (Å²) < 4.78 is 0. The lowest BCUT2D eigenvalue weighted by Gasteiger charge is -2.34. The van der Waals surface area contributed by atoms with E-state index in [1.165, 1.54) is 0 Å². The van der Waals surface area contributed by atoms with Crippen molar-refractivity contribution in [3.05, 3.63) is 29.6 Å². The van der Waals surface area contributed by atoms with Gasteiger partial charge in [0.05, 0.1) is 0 Å². The zero-order valence-electron chi connectivity index (χ0n) is 15.3. The zero-order chi connectivity index (χ0) is 18.7. The van der Waals surface area contributed by atoms with Crippen LogP contribution in [-0.2, 0) is 9.59 Å². The van der Waals surface area contributed by atoms with Crippen LogP contribution in [0.5, 0.6) is 0 Å². The third-order valence-corrected chi connectivity index (χ3v) is 5.29. The first-order chi connectivity index (χ1) is 12.4. The summed E-state index contributed by atoms with van der Waals surface area (Å²) in [5.74, 6) is -0.667. The minimum absolute atomic E-state index is 0.234. The number of nitrogens with one attached hydrogen (secondary N) is 2. The molecule has 1 aromatic heterocycles. The number of aromatic nitrogens is 1. The number of pyridine rings is 1. The van der Waals surface area contributed by atoms with Gasteiger partial charge in [0, 0.05) is 18.7 Å². The van der Waals surface area contributed by atoms with Crippen LogP contribution in [0.15, 0.2) is 18.3 Å². The predicted octanol–water partition coefficient (Wildman–Crippen LogP) is 1.20. The van der Waals surface area contributed by atoms with Gasteiger partial charge >= 0.3 is 0 Å². The maximum Gasteiger partial charge on any atom is 0.270 e. The van der Waals surface area contributed by atoms with E-state index in [1.807, 2.05) is 6.07 Å². The van der Waals surface area contributed by atoms with Crippen molar-refractivity contribution in [3.8, 4) is 0 Å². The van der Waals surface area contributed by atoms with E-state index in [9.17, 15) is 14.4 Å². The molecule has 26 heavy (non-hydrogen) atoms. The van der Waals surface area contributed by atoms with Crippen LogP contribution in [0.3, 0.4) is 0 Å². The Hall–Kier alpha value is -2.28. The highest BCUT2D eigenvalue weighted by Gasteiger charge is 2.28. The fourth-order valence-corrected chi connectivity index (χ4v) is 3.59. The summed E-state index contributed by atoms with van der Waals surface area (Å²) in [6.45, 7) is 6.61. The van der Waals surface area contributed by atoms with Crippen molar-refractivity contribution in [1.82, 2.24) is 20.5 Å². The number of hydrogen-bond acceptors (Lipinski definition) is 5. The highest BCUT2D eigenvalue weighted by Crippen LogP contribution is 2.28. The monoisotopic (exact) mass is 358 g/mol. The van der Waals surface area contributed by atoms with Crippen molar-refractivity contribution in [2.24, 2.45) is 0 Å². The van der Waals surface area contributed by atoms with Gasteiger partial charge in [0.15, 0.2) is 0 Å². The van der Waals surface area contributed by atoms with Gasteiger partial charge in [0.1, 0.15) is 11.7 Å². The second kappa shape index (κ2) is 7.95. The second-order valence-corrected chi connectivity index (χ2v) is 7.36. The van der Waals surface area contributed by atoms with Gasteiger partial charge in [-0.2, -0.15) is 0 Å². The Kier molecular flexibility index (Phi) is 5.66. The summed E-state index contributed by atoms with van der Waals surface area (Å²) >= 11 is 0. The van der Waals surface area contributed by atoms with Gasteiger partial charge in [0.2, 0.25) is 11.8 Å². The molecule has 2 saturated heterocycles. The molecule has 3 amide bonds. The Morgan fingerprint density at radius 3 is 2.54 bits per heavy atom.